The zero-order chi connectivity index (χ0) is 7.98. The summed E-state index contributed by atoms with van der Waals surface area (Å²) in [6.07, 6.45) is 1.33. The zero-order valence-corrected chi connectivity index (χ0v) is 7.38. The van der Waals surface area contributed by atoms with Crippen molar-refractivity contribution < 1.29 is 14.8 Å². The standard InChI is InChI=1S/C5H14BNO3.ClH/c1-10-4-2-3-5(7)6(8)9;/h5,8-9H,2-4,7H2,1H3;1H/t5-;/m0./s1. The summed E-state index contributed by atoms with van der Waals surface area (Å²) in [4.78, 5) is 0. The first-order valence-corrected chi connectivity index (χ1v) is 3.29. The van der Waals surface area contributed by atoms with Crippen LogP contribution in [-0.2, 0) is 4.74 Å². The van der Waals surface area contributed by atoms with E-state index in [0.29, 0.717) is 13.0 Å². The number of hydrogen-bond acceptors (Lipinski definition) is 4. The fourth-order valence-electron chi connectivity index (χ4n) is 0.612. The average molecular weight is 183 g/mol. The van der Waals surface area contributed by atoms with Crippen molar-refractivity contribution >= 4 is 19.5 Å². The minimum Gasteiger partial charge on any atom is -0.426 e. The summed E-state index contributed by atoms with van der Waals surface area (Å²) in [6.45, 7) is 0.612. The fourth-order valence-corrected chi connectivity index (χ4v) is 0.612. The molecule has 0 unspecified atom stereocenters. The minimum atomic E-state index is -1.41. The normalized spacial score (nSPS) is 12.0. The third kappa shape index (κ3) is 8.10. The molecule has 0 rings (SSSR count). The van der Waals surface area contributed by atoms with Crippen LogP contribution in [0.2, 0.25) is 0 Å². The van der Waals surface area contributed by atoms with E-state index in [2.05, 4.69) is 0 Å². The summed E-state index contributed by atoms with van der Waals surface area (Å²) < 4.78 is 4.75. The first-order chi connectivity index (χ1) is 4.68. The third-order valence-electron chi connectivity index (χ3n) is 1.27. The molecule has 0 amide bonds. The topological polar surface area (TPSA) is 75.7 Å². The van der Waals surface area contributed by atoms with Gasteiger partial charge in [0.05, 0.1) is 0 Å². The van der Waals surface area contributed by atoms with Crippen LogP contribution in [0.1, 0.15) is 12.8 Å². The monoisotopic (exact) mass is 183 g/mol. The molecule has 0 bridgehead atoms. The number of halogens is 1. The van der Waals surface area contributed by atoms with E-state index in [1.165, 1.54) is 0 Å². The maximum absolute atomic E-state index is 8.51. The molecule has 0 aliphatic rings. The van der Waals surface area contributed by atoms with Gasteiger partial charge in [0.1, 0.15) is 0 Å². The Kier molecular flexibility index (Phi) is 10.4. The van der Waals surface area contributed by atoms with Crippen LogP contribution in [0, 0.1) is 0 Å². The quantitative estimate of drug-likeness (QED) is 0.384. The van der Waals surface area contributed by atoms with Crippen molar-refractivity contribution in [3.8, 4) is 0 Å². The van der Waals surface area contributed by atoms with E-state index in [9.17, 15) is 0 Å². The number of methoxy groups -OCH3 is 1. The van der Waals surface area contributed by atoms with Crippen molar-refractivity contribution in [2.24, 2.45) is 5.73 Å². The summed E-state index contributed by atoms with van der Waals surface area (Å²) in [5.41, 5.74) is 5.30. The molecule has 68 valence electrons. The second-order valence-electron chi connectivity index (χ2n) is 2.21. The van der Waals surface area contributed by atoms with Gasteiger partial charge in [-0.15, -0.1) is 12.4 Å². The molecule has 1 atom stereocenters. The second-order valence-corrected chi connectivity index (χ2v) is 2.21. The number of ether oxygens (including phenoxy) is 1. The van der Waals surface area contributed by atoms with Crippen LogP contribution in [0.25, 0.3) is 0 Å². The Morgan fingerprint density at radius 2 is 2.09 bits per heavy atom. The summed E-state index contributed by atoms with van der Waals surface area (Å²) in [6, 6.07) is 0. The first-order valence-electron chi connectivity index (χ1n) is 3.29. The van der Waals surface area contributed by atoms with Gasteiger partial charge in [-0.3, -0.25) is 0 Å². The number of rotatable bonds is 5. The summed E-state index contributed by atoms with van der Waals surface area (Å²) >= 11 is 0. The molecule has 0 spiro atoms. The Morgan fingerprint density at radius 3 is 2.45 bits per heavy atom. The highest BCUT2D eigenvalue weighted by Crippen LogP contribution is 1.94. The number of hydrogen-bond donors (Lipinski definition) is 3. The Hall–Kier alpha value is 0.195. The second kappa shape index (κ2) is 8.29. The SMILES string of the molecule is COCCC[C@H](N)B(O)O.Cl. The zero-order valence-electron chi connectivity index (χ0n) is 6.56. The molecule has 0 fully saturated rings. The van der Waals surface area contributed by atoms with Gasteiger partial charge in [0, 0.05) is 19.7 Å². The lowest BCUT2D eigenvalue weighted by molar-refractivity contribution is 0.191. The first kappa shape index (κ1) is 13.8. The van der Waals surface area contributed by atoms with Crippen LogP contribution < -0.4 is 5.73 Å². The van der Waals surface area contributed by atoms with Crippen molar-refractivity contribution in [3.63, 3.8) is 0 Å². The van der Waals surface area contributed by atoms with E-state index in [-0.39, 0.29) is 12.4 Å². The van der Waals surface area contributed by atoms with Crippen LogP contribution in [0.5, 0.6) is 0 Å². The Bertz CT molecular complexity index is 86.1. The maximum atomic E-state index is 8.51. The lowest BCUT2D eigenvalue weighted by Crippen LogP contribution is -2.38. The van der Waals surface area contributed by atoms with Gasteiger partial charge in [0.25, 0.3) is 0 Å². The predicted molar refractivity (Wildman–Crippen MR) is 46.5 cm³/mol. The van der Waals surface area contributed by atoms with E-state index in [4.69, 9.17) is 20.5 Å². The van der Waals surface area contributed by atoms with Crippen LogP contribution >= 0.6 is 12.4 Å². The molecule has 0 heterocycles. The molecule has 0 aliphatic carbocycles. The molecule has 0 radical (unpaired) electrons. The molecule has 0 aromatic carbocycles. The van der Waals surface area contributed by atoms with Gasteiger partial charge in [-0.2, -0.15) is 0 Å². The van der Waals surface area contributed by atoms with Gasteiger partial charge in [-0.05, 0) is 12.8 Å². The lowest BCUT2D eigenvalue weighted by atomic mass is 9.78. The highest BCUT2D eigenvalue weighted by atomic mass is 35.5. The molecule has 0 aromatic rings. The lowest BCUT2D eigenvalue weighted by Gasteiger charge is -2.08. The molecule has 0 saturated heterocycles. The summed E-state index contributed by atoms with van der Waals surface area (Å²) in [5.74, 6) is -0.546. The van der Waals surface area contributed by atoms with Gasteiger partial charge >= 0.3 is 7.12 Å². The van der Waals surface area contributed by atoms with Crippen molar-refractivity contribution in [2.45, 2.75) is 18.8 Å². The van der Waals surface area contributed by atoms with Crippen molar-refractivity contribution in [2.75, 3.05) is 13.7 Å². The van der Waals surface area contributed by atoms with Gasteiger partial charge in [-0.25, -0.2) is 0 Å². The molecule has 4 N–H and O–H groups in total. The van der Waals surface area contributed by atoms with Gasteiger partial charge in [-0.1, -0.05) is 0 Å². The maximum Gasteiger partial charge on any atom is 0.469 e. The van der Waals surface area contributed by atoms with Gasteiger partial charge in [0.2, 0.25) is 0 Å². The van der Waals surface area contributed by atoms with Gasteiger partial charge in [0.15, 0.2) is 0 Å². The molecular formula is C5H15BClNO3. The predicted octanol–water partition coefficient (Wildman–Crippen LogP) is -0.826. The fraction of sp³-hybridized carbons (Fsp3) is 1.00. The smallest absolute Gasteiger partial charge is 0.426 e. The van der Waals surface area contributed by atoms with Crippen LogP contribution in [0.4, 0.5) is 0 Å². The molecular weight excluding hydrogens is 168 g/mol. The summed E-state index contributed by atoms with van der Waals surface area (Å²) in [5, 5.41) is 17.0. The van der Waals surface area contributed by atoms with Gasteiger partial charge < -0.3 is 20.5 Å². The Balaban J connectivity index is 0. The van der Waals surface area contributed by atoms with Crippen LogP contribution in [0.3, 0.4) is 0 Å². The Morgan fingerprint density at radius 1 is 1.55 bits per heavy atom. The van der Waals surface area contributed by atoms with E-state index in [1.807, 2.05) is 0 Å². The Labute approximate surface area is 73.3 Å². The highest BCUT2D eigenvalue weighted by molar-refractivity contribution is 6.43. The van der Waals surface area contributed by atoms with Crippen molar-refractivity contribution in [3.05, 3.63) is 0 Å². The largest absolute Gasteiger partial charge is 0.469 e. The third-order valence-corrected chi connectivity index (χ3v) is 1.27. The van der Waals surface area contributed by atoms with E-state index >= 15 is 0 Å². The number of nitrogens with two attached hydrogens (primary N) is 1. The summed E-state index contributed by atoms with van der Waals surface area (Å²) in [7, 11) is 0.192. The average Bonchev–Trinajstić information content (AvgIpc) is 1.88. The molecule has 11 heavy (non-hydrogen) atoms. The highest BCUT2D eigenvalue weighted by Gasteiger charge is 2.17. The van der Waals surface area contributed by atoms with Crippen molar-refractivity contribution in [1.29, 1.82) is 0 Å². The molecule has 4 nitrogen and oxygen atoms in total. The molecule has 6 heteroatoms. The molecule has 0 aliphatic heterocycles. The molecule has 0 saturated carbocycles. The van der Waals surface area contributed by atoms with E-state index < -0.39 is 13.1 Å². The minimum absolute atomic E-state index is 0. The van der Waals surface area contributed by atoms with Crippen LogP contribution in [0.15, 0.2) is 0 Å². The van der Waals surface area contributed by atoms with Crippen molar-refractivity contribution in [1.82, 2.24) is 0 Å². The van der Waals surface area contributed by atoms with Crippen LogP contribution in [-0.4, -0.2) is 36.8 Å². The molecule has 0 aromatic heterocycles. The van der Waals surface area contributed by atoms with E-state index in [1.54, 1.807) is 7.11 Å². The van der Waals surface area contributed by atoms with E-state index in [0.717, 1.165) is 6.42 Å².